The fourth-order valence-corrected chi connectivity index (χ4v) is 3.84. The molecule has 1 aliphatic rings. The molecule has 1 unspecified atom stereocenters. The molecule has 1 saturated carbocycles. The van der Waals surface area contributed by atoms with Gasteiger partial charge in [0.2, 0.25) is 17.7 Å². The number of halogens is 1. The summed E-state index contributed by atoms with van der Waals surface area (Å²) in [6.45, 7) is 8.31. The van der Waals surface area contributed by atoms with E-state index in [0.717, 1.165) is 31.4 Å². The van der Waals surface area contributed by atoms with Crippen molar-refractivity contribution in [2.24, 2.45) is 17.8 Å². The van der Waals surface area contributed by atoms with Gasteiger partial charge in [-0.15, -0.1) is 22.6 Å². The van der Waals surface area contributed by atoms with Crippen LogP contribution in [0.4, 0.5) is 0 Å². The van der Waals surface area contributed by atoms with E-state index in [9.17, 15) is 9.59 Å². The predicted octanol–water partition coefficient (Wildman–Crippen LogP) is 4.59. The van der Waals surface area contributed by atoms with Crippen LogP contribution in [0.25, 0.3) is 0 Å². The van der Waals surface area contributed by atoms with Gasteiger partial charge in [0.05, 0.1) is 0 Å². The van der Waals surface area contributed by atoms with Gasteiger partial charge >= 0.3 is 0 Å². The topological polar surface area (TPSA) is 85.1 Å². The van der Waals surface area contributed by atoms with E-state index in [1.807, 2.05) is 13.8 Å². The van der Waals surface area contributed by atoms with E-state index < -0.39 is 5.92 Å². The summed E-state index contributed by atoms with van der Waals surface area (Å²) < 4.78 is 5.71. The Bertz CT molecular complexity index is 601. The number of hydrogen-bond acceptors (Lipinski definition) is 6. The molecular weight excluding hydrogens is 386 g/mol. The van der Waals surface area contributed by atoms with Gasteiger partial charge in [0.25, 0.3) is 5.22 Å². The van der Waals surface area contributed by atoms with Gasteiger partial charge in [0.1, 0.15) is 5.92 Å². The maximum absolute atomic E-state index is 12.7. The molecule has 0 aromatic carbocycles. The van der Waals surface area contributed by atoms with E-state index >= 15 is 0 Å². The van der Waals surface area contributed by atoms with Gasteiger partial charge < -0.3 is 4.42 Å². The minimum absolute atomic E-state index is 0. The first kappa shape index (κ1) is 24.0. The quantitative estimate of drug-likeness (QED) is 0.622. The van der Waals surface area contributed by atoms with Crippen LogP contribution in [0.3, 0.4) is 0 Å². The number of amides is 2. The van der Waals surface area contributed by atoms with Crippen molar-refractivity contribution in [3.05, 3.63) is 5.89 Å². The van der Waals surface area contributed by atoms with Gasteiger partial charge in [0, 0.05) is 11.7 Å². The third-order valence-electron chi connectivity index (χ3n) is 4.51. The van der Waals surface area contributed by atoms with E-state index in [-0.39, 0.29) is 36.1 Å². The van der Waals surface area contributed by atoms with Crippen LogP contribution in [0, 0.1) is 17.8 Å². The molecule has 0 spiro atoms. The maximum atomic E-state index is 12.7. The smallest absolute Gasteiger partial charge is 0.276 e. The number of thioether (sulfide) groups is 1. The van der Waals surface area contributed by atoms with Crippen LogP contribution >= 0.6 is 24.2 Å². The standard InChI is InChI=1S/C19H31N3O3S.ClH/c1-12(2)10-15(18-21-22-19(25-18)26-11-13(3)4)17(24)20-16(23)14-8-6-5-7-9-14;/h12-15H,5-11H2,1-4H3,(H,20,23,24);1H. The molecule has 8 heteroatoms. The first-order valence-corrected chi connectivity index (χ1v) is 10.7. The molecular formula is C19H32ClN3O3S. The molecule has 2 rings (SSSR count). The van der Waals surface area contributed by atoms with Gasteiger partial charge in [-0.1, -0.05) is 58.7 Å². The van der Waals surface area contributed by atoms with Crippen LogP contribution in [-0.2, 0) is 9.59 Å². The fourth-order valence-electron chi connectivity index (χ4n) is 3.12. The lowest BCUT2D eigenvalue weighted by molar-refractivity contribution is -0.134. The van der Waals surface area contributed by atoms with E-state index in [1.54, 1.807) is 0 Å². The predicted molar refractivity (Wildman–Crippen MR) is 109 cm³/mol. The number of hydrogen-bond donors (Lipinski definition) is 1. The summed E-state index contributed by atoms with van der Waals surface area (Å²) >= 11 is 1.50. The Balaban J connectivity index is 0.00000364. The average molecular weight is 418 g/mol. The molecule has 0 saturated heterocycles. The molecule has 1 aromatic heterocycles. The number of nitrogens with zero attached hydrogens (tertiary/aromatic N) is 2. The summed E-state index contributed by atoms with van der Waals surface area (Å²) in [5.41, 5.74) is 0. The Morgan fingerprint density at radius 2 is 1.78 bits per heavy atom. The number of rotatable bonds is 8. The zero-order chi connectivity index (χ0) is 19.1. The molecule has 27 heavy (non-hydrogen) atoms. The summed E-state index contributed by atoms with van der Waals surface area (Å²) in [7, 11) is 0. The maximum Gasteiger partial charge on any atom is 0.276 e. The Morgan fingerprint density at radius 3 is 2.37 bits per heavy atom. The van der Waals surface area contributed by atoms with Crippen molar-refractivity contribution in [2.45, 2.75) is 77.4 Å². The molecule has 1 aliphatic carbocycles. The first-order valence-electron chi connectivity index (χ1n) is 9.67. The zero-order valence-electron chi connectivity index (χ0n) is 16.7. The summed E-state index contributed by atoms with van der Waals surface area (Å²) in [5, 5.41) is 11.2. The highest BCUT2D eigenvalue weighted by atomic mass is 35.5. The van der Waals surface area contributed by atoms with Crippen LogP contribution in [-0.4, -0.2) is 27.8 Å². The Morgan fingerprint density at radius 1 is 1.11 bits per heavy atom. The lowest BCUT2D eigenvalue weighted by Crippen LogP contribution is -2.39. The minimum Gasteiger partial charge on any atom is -0.415 e. The summed E-state index contributed by atoms with van der Waals surface area (Å²) in [4.78, 5) is 25.2. The highest BCUT2D eigenvalue weighted by Crippen LogP contribution is 2.28. The third kappa shape index (κ3) is 7.82. The molecule has 1 aromatic rings. The summed E-state index contributed by atoms with van der Waals surface area (Å²) in [6.07, 6.45) is 5.59. The zero-order valence-corrected chi connectivity index (χ0v) is 18.3. The van der Waals surface area contributed by atoms with Crippen molar-refractivity contribution in [2.75, 3.05) is 5.75 Å². The molecule has 1 N–H and O–H groups in total. The molecule has 154 valence electrons. The molecule has 1 heterocycles. The van der Waals surface area contributed by atoms with E-state index in [0.29, 0.717) is 23.5 Å². The summed E-state index contributed by atoms with van der Waals surface area (Å²) in [6, 6.07) is 0. The van der Waals surface area contributed by atoms with E-state index in [4.69, 9.17) is 4.42 Å². The van der Waals surface area contributed by atoms with E-state index in [1.165, 1.54) is 18.2 Å². The van der Waals surface area contributed by atoms with Gasteiger partial charge in [-0.3, -0.25) is 14.9 Å². The first-order chi connectivity index (χ1) is 12.4. The van der Waals surface area contributed by atoms with Crippen LogP contribution in [0.5, 0.6) is 0 Å². The normalized spacial score (nSPS) is 16.2. The third-order valence-corrected chi connectivity index (χ3v) is 5.75. The second-order valence-corrected chi connectivity index (χ2v) is 8.95. The number of nitrogens with one attached hydrogen (secondary N) is 1. The second kappa shape index (κ2) is 11.7. The largest absolute Gasteiger partial charge is 0.415 e. The lowest BCUT2D eigenvalue weighted by Gasteiger charge is -2.21. The molecule has 6 nitrogen and oxygen atoms in total. The van der Waals surface area contributed by atoms with Gasteiger partial charge in [-0.25, -0.2) is 0 Å². The number of aromatic nitrogens is 2. The lowest BCUT2D eigenvalue weighted by atomic mass is 9.88. The highest BCUT2D eigenvalue weighted by molar-refractivity contribution is 7.99. The van der Waals surface area contributed by atoms with Crippen LogP contribution in [0.1, 0.15) is 78.0 Å². The number of carbonyl (C=O) groups excluding carboxylic acids is 2. The highest BCUT2D eigenvalue weighted by Gasteiger charge is 2.31. The van der Waals surface area contributed by atoms with Gasteiger partial charge in [-0.2, -0.15) is 0 Å². The number of carbonyl (C=O) groups is 2. The molecule has 0 radical (unpaired) electrons. The SMILES string of the molecule is CC(C)CSc1nnc(C(CC(C)C)C(=O)NC(=O)C2CCCCC2)o1.Cl. The van der Waals surface area contributed by atoms with Crippen LogP contribution < -0.4 is 5.32 Å². The van der Waals surface area contributed by atoms with Crippen LogP contribution in [0.15, 0.2) is 9.64 Å². The molecule has 0 bridgehead atoms. The molecule has 1 atom stereocenters. The van der Waals surface area contributed by atoms with Crippen LogP contribution in [0.2, 0.25) is 0 Å². The fraction of sp³-hybridized carbons (Fsp3) is 0.789. The van der Waals surface area contributed by atoms with Crippen molar-refractivity contribution in [3.8, 4) is 0 Å². The van der Waals surface area contributed by atoms with Gasteiger partial charge in [0.15, 0.2) is 0 Å². The Hall–Kier alpha value is -1.08. The molecule has 0 aliphatic heterocycles. The second-order valence-electron chi connectivity index (χ2n) is 7.98. The monoisotopic (exact) mass is 417 g/mol. The van der Waals surface area contributed by atoms with Crippen molar-refractivity contribution in [1.29, 1.82) is 0 Å². The minimum atomic E-state index is -0.580. The van der Waals surface area contributed by atoms with Gasteiger partial charge in [-0.05, 0) is 31.1 Å². The molecule has 2 amide bonds. The Labute approximate surface area is 172 Å². The van der Waals surface area contributed by atoms with Crippen molar-refractivity contribution < 1.29 is 14.0 Å². The van der Waals surface area contributed by atoms with Crippen molar-refractivity contribution >= 4 is 36.0 Å². The average Bonchev–Trinajstić information content (AvgIpc) is 3.07. The summed E-state index contributed by atoms with van der Waals surface area (Å²) in [5.74, 6) is 0.862. The Kier molecular flexibility index (Phi) is 10.4. The number of imide groups is 1. The van der Waals surface area contributed by atoms with E-state index in [2.05, 4.69) is 29.4 Å². The molecule has 1 fully saturated rings. The van der Waals surface area contributed by atoms with Crippen molar-refractivity contribution in [1.82, 2.24) is 15.5 Å². The van der Waals surface area contributed by atoms with Crippen molar-refractivity contribution in [3.63, 3.8) is 0 Å².